The fourth-order valence-electron chi connectivity index (χ4n) is 5.53. The van der Waals surface area contributed by atoms with Crippen LogP contribution in [0.4, 0.5) is 11.4 Å². The molecule has 0 bridgehead atoms. The van der Waals surface area contributed by atoms with Crippen LogP contribution in [0.5, 0.6) is 5.88 Å². The van der Waals surface area contributed by atoms with Gasteiger partial charge < -0.3 is 29.8 Å². The number of carbonyl (C=O) groups is 2. The predicted molar refractivity (Wildman–Crippen MR) is 157 cm³/mol. The van der Waals surface area contributed by atoms with E-state index in [0.717, 1.165) is 35.2 Å². The van der Waals surface area contributed by atoms with E-state index < -0.39 is 5.97 Å². The molecule has 9 nitrogen and oxygen atoms in total. The first-order valence-corrected chi connectivity index (χ1v) is 13.9. The van der Waals surface area contributed by atoms with Gasteiger partial charge in [0.25, 0.3) is 0 Å². The number of aromatic amines is 1. The van der Waals surface area contributed by atoms with Crippen LogP contribution in [0.2, 0.25) is 0 Å². The number of hydrogen-bond acceptors (Lipinski definition) is 7. The Balaban J connectivity index is 1.35. The number of aliphatic imine (C=N–C) groups is 1. The molecule has 9 heteroatoms. The summed E-state index contributed by atoms with van der Waals surface area (Å²) in [6.45, 7) is 4.79. The van der Waals surface area contributed by atoms with Gasteiger partial charge in [0.2, 0.25) is 5.91 Å². The highest BCUT2D eigenvalue weighted by atomic mass is 16.5. The molecule has 1 atom stereocenters. The highest BCUT2D eigenvalue weighted by Crippen LogP contribution is 2.35. The molecule has 0 spiro atoms. The summed E-state index contributed by atoms with van der Waals surface area (Å²) in [5.41, 5.74) is 5.63. The van der Waals surface area contributed by atoms with Crippen molar-refractivity contribution >= 4 is 39.9 Å². The zero-order valence-corrected chi connectivity index (χ0v) is 22.9. The Labute approximate surface area is 237 Å². The Morgan fingerprint density at radius 3 is 2.73 bits per heavy atom. The van der Waals surface area contributed by atoms with Gasteiger partial charge in [0.15, 0.2) is 5.88 Å². The maximum Gasteiger partial charge on any atom is 0.338 e. The number of anilines is 1. The van der Waals surface area contributed by atoms with E-state index in [1.165, 1.54) is 0 Å². The second-order valence-electron chi connectivity index (χ2n) is 10.2. The molecule has 1 aromatic heterocycles. The summed E-state index contributed by atoms with van der Waals surface area (Å²) in [7, 11) is 0. The second kappa shape index (κ2) is 11.6. The highest BCUT2D eigenvalue weighted by Gasteiger charge is 2.28. The van der Waals surface area contributed by atoms with Crippen molar-refractivity contribution in [3.63, 3.8) is 0 Å². The van der Waals surface area contributed by atoms with E-state index in [1.807, 2.05) is 53.4 Å². The van der Waals surface area contributed by atoms with Crippen molar-refractivity contribution in [2.24, 2.45) is 4.99 Å². The molecule has 2 aliphatic heterocycles. The van der Waals surface area contributed by atoms with Crippen LogP contribution < -0.4 is 10.2 Å². The lowest BCUT2D eigenvalue weighted by Gasteiger charge is -2.25. The molecule has 2 aliphatic rings. The molecule has 1 fully saturated rings. The van der Waals surface area contributed by atoms with Crippen molar-refractivity contribution in [3.8, 4) is 5.88 Å². The topological polar surface area (TPSA) is 116 Å². The van der Waals surface area contributed by atoms with Gasteiger partial charge in [0.1, 0.15) is 0 Å². The lowest BCUT2D eigenvalue weighted by molar-refractivity contribution is -0.121. The molecule has 0 saturated carbocycles. The SMILES string of the molecule is CCOC(=O)c1ccc2c(C(=Nc3ccc4c(c3)CCN4C(=O)CC3CNCCO3)c3ccccc3)c(O)[nH]c2c1. The van der Waals surface area contributed by atoms with Gasteiger partial charge in [-0.3, -0.25) is 4.79 Å². The molecule has 1 unspecified atom stereocenters. The van der Waals surface area contributed by atoms with E-state index in [0.29, 0.717) is 54.2 Å². The number of aromatic nitrogens is 1. The number of hydrogen-bond donors (Lipinski definition) is 3. The molecule has 3 aromatic carbocycles. The number of morpholine rings is 1. The van der Waals surface area contributed by atoms with E-state index in [2.05, 4.69) is 10.3 Å². The Morgan fingerprint density at radius 1 is 1.10 bits per heavy atom. The lowest BCUT2D eigenvalue weighted by Crippen LogP contribution is -2.42. The molecule has 6 rings (SSSR count). The van der Waals surface area contributed by atoms with Gasteiger partial charge in [-0.1, -0.05) is 36.4 Å². The summed E-state index contributed by atoms with van der Waals surface area (Å²) in [6, 6.07) is 20.7. The minimum absolute atomic E-state index is 0.0408. The summed E-state index contributed by atoms with van der Waals surface area (Å²) < 4.78 is 10.9. The normalized spacial score (nSPS) is 17.0. The highest BCUT2D eigenvalue weighted by molar-refractivity contribution is 6.22. The first-order valence-electron chi connectivity index (χ1n) is 13.9. The number of nitrogens with zero attached hydrogens (tertiary/aromatic N) is 2. The fourth-order valence-corrected chi connectivity index (χ4v) is 5.53. The summed E-state index contributed by atoms with van der Waals surface area (Å²) in [5, 5.41) is 15.1. The first-order chi connectivity index (χ1) is 20.0. The lowest BCUT2D eigenvalue weighted by atomic mass is 10.00. The summed E-state index contributed by atoms with van der Waals surface area (Å²) in [5.74, 6) is -0.402. The Kier molecular flexibility index (Phi) is 7.54. The quantitative estimate of drug-likeness (QED) is 0.230. The Bertz CT molecular complexity index is 1620. The van der Waals surface area contributed by atoms with Crippen LogP contribution in [-0.4, -0.2) is 66.6 Å². The van der Waals surface area contributed by atoms with E-state index in [-0.39, 0.29) is 24.5 Å². The van der Waals surface area contributed by atoms with Crippen molar-refractivity contribution in [1.29, 1.82) is 0 Å². The number of aromatic hydroxyl groups is 1. The van der Waals surface area contributed by atoms with E-state index in [4.69, 9.17) is 14.5 Å². The van der Waals surface area contributed by atoms with Crippen LogP contribution >= 0.6 is 0 Å². The molecule has 1 saturated heterocycles. The molecular formula is C32H32N4O5. The number of carbonyl (C=O) groups excluding carboxylic acids is 2. The largest absolute Gasteiger partial charge is 0.494 e. The number of rotatable bonds is 7. The number of fused-ring (bicyclic) bond motifs is 2. The molecule has 0 radical (unpaired) electrons. The van der Waals surface area contributed by atoms with Gasteiger partial charge in [-0.2, -0.15) is 0 Å². The fraction of sp³-hybridized carbons (Fsp3) is 0.281. The predicted octanol–water partition coefficient (Wildman–Crippen LogP) is 4.49. The monoisotopic (exact) mass is 552 g/mol. The Hall–Kier alpha value is -4.47. The van der Waals surface area contributed by atoms with Gasteiger partial charge in [-0.05, 0) is 49.2 Å². The molecule has 0 aliphatic carbocycles. The molecule has 3 N–H and O–H groups in total. The molecule has 1 amide bonds. The molecule has 4 aromatic rings. The minimum atomic E-state index is -0.421. The van der Waals surface area contributed by atoms with Crippen LogP contribution in [0.1, 0.15) is 40.4 Å². The van der Waals surface area contributed by atoms with Crippen LogP contribution in [0.3, 0.4) is 0 Å². The standard InChI is InChI=1S/C32H32N4O5/c1-2-40-32(39)22-8-10-25-26(17-22)35-31(38)29(25)30(20-6-4-3-5-7-20)34-23-9-11-27-21(16-23)12-14-36(27)28(37)18-24-19-33-13-15-41-24/h3-11,16-17,24,33,35,38H,2,12-15,18-19H2,1H3. The number of amides is 1. The van der Waals surface area contributed by atoms with Gasteiger partial charge in [0.05, 0.1) is 48.3 Å². The third kappa shape index (κ3) is 5.46. The summed E-state index contributed by atoms with van der Waals surface area (Å²) in [4.78, 5) is 35.2. The van der Waals surface area contributed by atoms with Crippen LogP contribution in [0, 0.1) is 0 Å². The van der Waals surface area contributed by atoms with Crippen molar-refractivity contribution < 1.29 is 24.2 Å². The average molecular weight is 553 g/mol. The average Bonchev–Trinajstić information content (AvgIpc) is 3.56. The number of ether oxygens (including phenoxy) is 2. The minimum Gasteiger partial charge on any atom is -0.494 e. The maximum atomic E-state index is 13.1. The van der Waals surface area contributed by atoms with Gasteiger partial charge in [0, 0.05) is 41.8 Å². The smallest absolute Gasteiger partial charge is 0.338 e. The number of esters is 1. The number of H-pyrrole nitrogens is 1. The number of benzene rings is 3. The van der Waals surface area contributed by atoms with E-state index in [1.54, 1.807) is 25.1 Å². The van der Waals surface area contributed by atoms with Crippen molar-refractivity contribution in [2.75, 3.05) is 37.7 Å². The molecule has 210 valence electrons. The van der Waals surface area contributed by atoms with Gasteiger partial charge in [-0.15, -0.1) is 0 Å². The first kappa shape index (κ1) is 26.7. The maximum absolute atomic E-state index is 13.1. The molecule has 3 heterocycles. The van der Waals surface area contributed by atoms with Crippen molar-refractivity contribution in [2.45, 2.75) is 25.9 Å². The van der Waals surface area contributed by atoms with Crippen molar-refractivity contribution in [3.05, 3.63) is 89.0 Å². The zero-order chi connectivity index (χ0) is 28.3. The zero-order valence-electron chi connectivity index (χ0n) is 22.9. The second-order valence-corrected chi connectivity index (χ2v) is 10.2. The van der Waals surface area contributed by atoms with Crippen LogP contribution in [-0.2, 0) is 20.7 Å². The Morgan fingerprint density at radius 2 is 1.95 bits per heavy atom. The van der Waals surface area contributed by atoms with Crippen LogP contribution in [0.25, 0.3) is 10.9 Å². The molecule has 41 heavy (non-hydrogen) atoms. The third-order valence-corrected chi connectivity index (χ3v) is 7.48. The van der Waals surface area contributed by atoms with E-state index in [9.17, 15) is 14.7 Å². The van der Waals surface area contributed by atoms with Crippen molar-refractivity contribution in [1.82, 2.24) is 10.3 Å². The number of nitrogens with one attached hydrogen (secondary N) is 2. The third-order valence-electron chi connectivity index (χ3n) is 7.48. The van der Waals surface area contributed by atoms with Crippen LogP contribution in [0.15, 0.2) is 71.7 Å². The molecular weight excluding hydrogens is 520 g/mol. The van der Waals surface area contributed by atoms with E-state index >= 15 is 0 Å². The summed E-state index contributed by atoms with van der Waals surface area (Å²) in [6.07, 6.45) is 0.987. The van der Waals surface area contributed by atoms with Gasteiger partial charge in [-0.25, -0.2) is 9.79 Å². The van der Waals surface area contributed by atoms with Gasteiger partial charge >= 0.3 is 5.97 Å². The summed E-state index contributed by atoms with van der Waals surface area (Å²) >= 11 is 0.